The molecule has 12 heteroatoms. The van der Waals surface area contributed by atoms with Gasteiger partial charge in [0.15, 0.2) is 5.13 Å². The normalized spacial score (nSPS) is 13.8. The van der Waals surface area contributed by atoms with Gasteiger partial charge in [-0.1, -0.05) is 29.0 Å². The van der Waals surface area contributed by atoms with Crippen molar-refractivity contribution in [2.45, 2.75) is 32.0 Å². The molecule has 0 fully saturated rings. The molecule has 0 spiro atoms. The molecule has 2 atom stereocenters. The number of hydrogen-bond acceptors (Lipinski definition) is 7. The van der Waals surface area contributed by atoms with Crippen molar-refractivity contribution in [2.24, 2.45) is 0 Å². The van der Waals surface area contributed by atoms with Gasteiger partial charge in [-0.05, 0) is 44.2 Å². The highest BCUT2D eigenvalue weighted by molar-refractivity contribution is 7.17. The molecule has 0 saturated carbocycles. The first-order chi connectivity index (χ1) is 16.7. The fourth-order valence-corrected chi connectivity index (χ4v) is 4.57. The van der Waals surface area contributed by atoms with Gasteiger partial charge in [-0.15, -0.1) is 0 Å². The van der Waals surface area contributed by atoms with E-state index in [4.69, 9.17) is 11.6 Å². The van der Waals surface area contributed by atoms with Crippen LogP contribution in [-0.2, 0) is 12.1 Å². The number of aryl methyl sites for hydroxylation is 1. The minimum atomic E-state index is -1.97. The number of anilines is 2. The predicted octanol–water partition coefficient (Wildman–Crippen LogP) is 4.42. The number of rotatable bonds is 8. The summed E-state index contributed by atoms with van der Waals surface area (Å²) in [5.74, 6) is -2.24. The van der Waals surface area contributed by atoms with Crippen molar-refractivity contribution in [1.82, 2.24) is 25.1 Å². The highest BCUT2D eigenvalue weighted by Crippen LogP contribution is 2.31. The molecule has 0 saturated heterocycles. The van der Waals surface area contributed by atoms with Crippen LogP contribution in [0.3, 0.4) is 0 Å². The predicted molar refractivity (Wildman–Crippen MR) is 129 cm³/mol. The first-order valence-electron chi connectivity index (χ1n) is 10.5. The molecule has 0 aliphatic heterocycles. The van der Waals surface area contributed by atoms with Gasteiger partial charge < -0.3 is 15.7 Å². The highest BCUT2D eigenvalue weighted by Gasteiger charge is 2.40. The van der Waals surface area contributed by atoms with Crippen LogP contribution in [0.1, 0.15) is 27.9 Å². The summed E-state index contributed by atoms with van der Waals surface area (Å²) in [5, 5.41) is 22.5. The maximum Gasteiger partial charge on any atom is 0.263 e. The van der Waals surface area contributed by atoms with Gasteiger partial charge in [0.05, 0.1) is 18.3 Å². The van der Waals surface area contributed by atoms with E-state index in [0.29, 0.717) is 26.8 Å². The van der Waals surface area contributed by atoms with Crippen molar-refractivity contribution in [2.75, 3.05) is 5.32 Å². The average Bonchev–Trinajstić information content (AvgIpc) is 3.44. The molecular weight excluding hydrogens is 498 g/mol. The van der Waals surface area contributed by atoms with Crippen LogP contribution in [-0.4, -0.2) is 36.8 Å². The lowest BCUT2D eigenvalue weighted by atomic mass is 9.86. The molecule has 0 aliphatic carbocycles. The molecule has 2 aromatic carbocycles. The van der Waals surface area contributed by atoms with Gasteiger partial charge in [0.1, 0.15) is 34.8 Å². The Labute approximate surface area is 208 Å². The number of amides is 1. The first-order valence-corrected chi connectivity index (χ1v) is 11.7. The Kier molecular flexibility index (Phi) is 7.10. The van der Waals surface area contributed by atoms with Crippen LogP contribution >= 0.6 is 22.9 Å². The third kappa shape index (κ3) is 5.47. The average molecular weight is 519 g/mol. The summed E-state index contributed by atoms with van der Waals surface area (Å²) < 4.78 is 29.5. The number of hydrogen-bond donors (Lipinski definition) is 3. The van der Waals surface area contributed by atoms with Crippen LogP contribution in [0.2, 0.25) is 5.02 Å². The Bertz CT molecular complexity index is 1330. The summed E-state index contributed by atoms with van der Waals surface area (Å²) in [5.41, 5.74) is -0.931. The molecule has 8 nitrogen and oxygen atoms in total. The van der Waals surface area contributed by atoms with Gasteiger partial charge in [-0.3, -0.25) is 4.79 Å². The van der Waals surface area contributed by atoms with E-state index in [1.165, 1.54) is 24.3 Å². The lowest BCUT2D eigenvalue weighted by Crippen LogP contribution is -2.51. The van der Waals surface area contributed by atoms with Gasteiger partial charge >= 0.3 is 0 Å². The summed E-state index contributed by atoms with van der Waals surface area (Å²) >= 11 is 7.04. The van der Waals surface area contributed by atoms with Crippen LogP contribution < -0.4 is 10.6 Å². The largest absolute Gasteiger partial charge is 0.381 e. The second kappa shape index (κ2) is 10.1. The van der Waals surface area contributed by atoms with Gasteiger partial charge in [0, 0.05) is 22.3 Å². The van der Waals surface area contributed by atoms with Crippen LogP contribution in [0.4, 0.5) is 19.6 Å². The lowest BCUT2D eigenvalue weighted by Gasteiger charge is -2.35. The zero-order valence-electron chi connectivity index (χ0n) is 18.7. The topological polar surface area (TPSA) is 105 Å². The lowest BCUT2D eigenvalue weighted by molar-refractivity contribution is -0.0185. The van der Waals surface area contributed by atoms with Crippen LogP contribution in [0, 0.1) is 18.6 Å². The molecule has 3 N–H and O–H groups in total. The van der Waals surface area contributed by atoms with Crippen molar-refractivity contribution in [3.05, 3.63) is 87.9 Å². The molecule has 0 unspecified atom stereocenters. The Hall–Kier alpha value is -3.41. The summed E-state index contributed by atoms with van der Waals surface area (Å²) in [7, 11) is 0. The summed E-state index contributed by atoms with van der Waals surface area (Å²) in [6, 6.07) is 8.88. The standard InChI is InChI=1S/C23H21ClF2N6O2S/c1-13-20(35-22(29-13)31-17-6-3-15(24)4-7-17)21(33)30-14(2)23(34,10-32-12-27-11-28-32)18-8-5-16(25)9-19(18)26/h3-9,11-12,14,34H,10H2,1-2H3,(H,29,31)(H,30,33)/t14-,23-/m1/s1. The van der Waals surface area contributed by atoms with Crippen molar-refractivity contribution < 1.29 is 18.7 Å². The van der Waals surface area contributed by atoms with Crippen LogP contribution in [0.15, 0.2) is 55.1 Å². The van der Waals surface area contributed by atoms with Crippen LogP contribution in [0.25, 0.3) is 0 Å². The molecule has 0 bridgehead atoms. The molecule has 1 amide bonds. The second-order valence-electron chi connectivity index (χ2n) is 7.90. The van der Waals surface area contributed by atoms with Crippen molar-refractivity contribution in [3.63, 3.8) is 0 Å². The molecule has 2 heterocycles. The number of aliphatic hydroxyl groups is 1. The second-order valence-corrected chi connectivity index (χ2v) is 9.34. The van der Waals surface area contributed by atoms with Gasteiger partial charge in [0.25, 0.3) is 5.91 Å². The molecule has 0 radical (unpaired) electrons. The van der Waals surface area contributed by atoms with Gasteiger partial charge in [0.2, 0.25) is 0 Å². The number of thiazole rings is 1. The molecular formula is C23H21ClF2N6O2S. The number of nitrogens with one attached hydrogen (secondary N) is 2. The zero-order valence-corrected chi connectivity index (χ0v) is 20.2. The Morgan fingerprint density at radius 1 is 1.26 bits per heavy atom. The van der Waals surface area contributed by atoms with E-state index in [9.17, 15) is 18.7 Å². The van der Waals surface area contributed by atoms with E-state index in [2.05, 4.69) is 25.7 Å². The fourth-order valence-electron chi connectivity index (χ4n) is 3.56. The number of carbonyl (C=O) groups excluding carboxylic acids is 1. The summed E-state index contributed by atoms with van der Waals surface area (Å²) in [6.45, 7) is 2.98. The summed E-state index contributed by atoms with van der Waals surface area (Å²) in [6.07, 6.45) is 2.61. The maximum absolute atomic E-state index is 14.7. The minimum absolute atomic E-state index is 0.187. The maximum atomic E-state index is 14.7. The van der Waals surface area contributed by atoms with E-state index >= 15 is 0 Å². The number of benzene rings is 2. The van der Waals surface area contributed by atoms with E-state index in [1.807, 2.05) is 0 Å². The number of aromatic nitrogens is 4. The SMILES string of the molecule is Cc1nc(Nc2ccc(Cl)cc2)sc1C(=O)N[C@H](C)[C@](O)(Cn1cncn1)c1ccc(F)cc1F. The fraction of sp³-hybridized carbons (Fsp3) is 0.217. The Balaban J connectivity index is 1.58. The van der Waals surface area contributed by atoms with E-state index in [0.717, 1.165) is 29.2 Å². The third-order valence-electron chi connectivity index (χ3n) is 5.43. The highest BCUT2D eigenvalue weighted by atomic mass is 35.5. The Morgan fingerprint density at radius 2 is 2.00 bits per heavy atom. The van der Waals surface area contributed by atoms with E-state index < -0.39 is 29.2 Å². The molecule has 4 rings (SSSR count). The van der Waals surface area contributed by atoms with Crippen molar-refractivity contribution in [3.8, 4) is 0 Å². The summed E-state index contributed by atoms with van der Waals surface area (Å²) in [4.78, 5) is 21.7. The van der Waals surface area contributed by atoms with E-state index in [-0.39, 0.29) is 12.1 Å². The Morgan fingerprint density at radius 3 is 2.66 bits per heavy atom. The smallest absolute Gasteiger partial charge is 0.263 e. The molecule has 0 aliphatic rings. The van der Waals surface area contributed by atoms with Crippen molar-refractivity contribution in [1.29, 1.82) is 0 Å². The third-order valence-corrected chi connectivity index (χ3v) is 6.75. The van der Waals surface area contributed by atoms with Crippen molar-refractivity contribution >= 4 is 39.7 Å². The molecule has 4 aromatic rings. The first kappa shape index (κ1) is 24.7. The van der Waals surface area contributed by atoms with Gasteiger partial charge in [-0.2, -0.15) is 5.10 Å². The molecule has 2 aromatic heterocycles. The zero-order chi connectivity index (χ0) is 25.2. The number of carbonyl (C=O) groups is 1. The van der Waals surface area contributed by atoms with Gasteiger partial charge in [-0.25, -0.2) is 23.4 Å². The quantitative estimate of drug-likeness (QED) is 0.319. The van der Waals surface area contributed by atoms with E-state index in [1.54, 1.807) is 31.2 Å². The monoisotopic (exact) mass is 518 g/mol. The number of halogens is 3. The minimum Gasteiger partial charge on any atom is -0.381 e. The number of nitrogens with zero attached hydrogens (tertiary/aromatic N) is 4. The van der Waals surface area contributed by atoms with Crippen LogP contribution in [0.5, 0.6) is 0 Å². The molecule has 182 valence electrons. The molecule has 35 heavy (non-hydrogen) atoms.